The molecule has 1 fully saturated rings. The van der Waals surface area contributed by atoms with E-state index in [-0.39, 0.29) is 11.7 Å². The minimum Gasteiger partial charge on any atom is -0.489 e. The standard InChI is InChI=1S/C11H19NO2/c1-4-14-10(3)11(13)12-7-5-9(2)6-8-12/h9H,3-8H2,1-2H3. The van der Waals surface area contributed by atoms with Crippen molar-refractivity contribution in [1.29, 1.82) is 0 Å². The van der Waals surface area contributed by atoms with Crippen LogP contribution in [0.4, 0.5) is 0 Å². The number of rotatable bonds is 3. The smallest absolute Gasteiger partial charge is 0.288 e. The third-order valence-corrected chi connectivity index (χ3v) is 2.63. The zero-order chi connectivity index (χ0) is 10.6. The first kappa shape index (κ1) is 11.1. The van der Waals surface area contributed by atoms with Crippen LogP contribution in [0.1, 0.15) is 26.7 Å². The van der Waals surface area contributed by atoms with Crippen LogP contribution in [0, 0.1) is 5.92 Å². The molecule has 0 unspecified atom stereocenters. The van der Waals surface area contributed by atoms with E-state index in [0.29, 0.717) is 6.61 Å². The second-order valence-electron chi connectivity index (χ2n) is 3.83. The molecular weight excluding hydrogens is 178 g/mol. The maximum Gasteiger partial charge on any atom is 0.288 e. The lowest BCUT2D eigenvalue weighted by molar-refractivity contribution is -0.132. The molecule has 0 N–H and O–H groups in total. The number of hydrogen-bond acceptors (Lipinski definition) is 2. The molecule has 80 valence electrons. The Morgan fingerprint density at radius 2 is 2.07 bits per heavy atom. The lowest BCUT2D eigenvalue weighted by atomic mass is 9.99. The predicted octanol–water partition coefficient (Wildman–Crippen LogP) is 1.80. The number of ether oxygens (including phenoxy) is 1. The third kappa shape index (κ3) is 2.76. The summed E-state index contributed by atoms with van der Waals surface area (Å²) in [6.07, 6.45) is 2.18. The van der Waals surface area contributed by atoms with Gasteiger partial charge < -0.3 is 9.64 Å². The molecule has 0 aromatic heterocycles. The van der Waals surface area contributed by atoms with Crippen LogP contribution in [-0.2, 0) is 9.53 Å². The van der Waals surface area contributed by atoms with Crippen LogP contribution in [-0.4, -0.2) is 30.5 Å². The maximum absolute atomic E-state index is 11.7. The second-order valence-corrected chi connectivity index (χ2v) is 3.83. The van der Waals surface area contributed by atoms with Crippen molar-refractivity contribution in [2.24, 2.45) is 5.92 Å². The van der Waals surface area contributed by atoms with Crippen molar-refractivity contribution >= 4 is 5.91 Å². The van der Waals surface area contributed by atoms with Crippen LogP contribution in [0.25, 0.3) is 0 Å². The van der Waals surface area contributed by atoms with Crippen LogP contribution in [0.3, 0.4) is 0 Å². The van der Waals surface area contributed by atoms with E-state index in [0.717, 1.165) is 31.8 Å². The quantitative estimate of drug-likeness (QED) is 0.510. The molecule has 0 bridgehead atoms. The van der Waals surface area contributed by atoms with Gasteiger partial charge in [0, 0.05) is 13.1 Å². The first-order valence-corrected chi connectivity index (χ1v) is 5.26. The van der Waals surface area contributed by atoms with E-state index in [2.05, 4.69) is 13.5 Å². The summed E-state index contributed by atoms with van der Waals surface area (Å²) in [5.41, 5.74) is 0. The summed E-state index contributed by atoms with van der Waals surface area (Å²) >= 11 is 0. The van der Waals surface area contributed by atoms with Crippen molar-refractivity contribution < 1.29 is 9.53 Å². The van der Waals surface area contributed by atoms with E-state index in [1.165, 1.54) is 0 Å². The highest BCUT2D eigenvalue weighted by atomic mass is 16.5. The summed E-state index contributed by atoms with van der Waals surface area (Å²) in [7, 11) is 0. The van der Waals surface area contributed by atoms with Crippen molar-refractivity contribution in [2.45, 2.75) is 26.7 Å². The minimum absolute atomic E-state index is 0.0428. The van der Waals surface area contributed by atoms with E-state index in [1.807, 2.05) is 11.8 Å². The Morgan fingerprint density at radius 3 is 2.57 bits per heavy atom. The number of piperidine rings is 1. The fourth-order valence-corrected chi connectivity index (χ4v) is 1.62. The topological polar surface area (TPSA) is 29.5 Å². The largest absolute Gasteiger partial charge is 0.489 e. The first-order valence-electron chi connectivity index (χ1n) is 5.26. The Kier molecular flexibility index (Phi) is 3.98. The number of carbonyl (C=O) groups excluding carboxylic acids is 1. The second kappa shape index (κ2) is 5.03. The van der Waals surface area contributed by atoms with Crippen LogP contribution < -0.4 is 0 Å². The summed E-state index contributed by atoms with van der Waals surface area (Å²) in [4.78, 5) is 13.5. The SMILES string of the molecule is C=C(OCC)C(=O)N1CCC(C)CC1. The van der Waals surface area contributed by atoms with E-state index >= 15 is 0 Å². The third-order valence-electron chi connectivity index (χ3n) is 2.63. The highest BCUT2D eigenvalue weighted by Crippen LogP contribution is 2.17. The van der Waals surface area contributed by atoms with E-state index < -0.39 is 0 Å². The monoisotopic (exact) mass is 197 g/mol. The zero-order valence-corrected chi connectivity index (χ0v) is 9.08. The van der Waals surface area contributed by atoms with Gasteiger partial charge in [0.25, 0.3) is 5.91 Å². The molecule has 14 heavy (non-hydrogen) atoms. The normalized spacial score (nSPS) is 18.0. The molecule has 1 aliphatic rings. The Balaban J connectivity index is 2.41. The molecule has 1 saturated heterocycles. The lowest BCUT2D eigenvalue weighted by Crippen LogP contribution is -2.38. The van der Waals surface area contributed by atoms with Crippen molar-refractivity contribution in [2.75, 3.05) is 19.7 Å². The van der Waals surface area contributed by atoms with Crippen molar-refractivity contribution in [1.82, 2.24) is 4.90 Å². The Bertz CT molecular complexity index is 217. The fraction of sp³-hybridized carbons (Fsp3) is 0.727. The van der Waals surface area contributed by atoms with Gasteiger partial charge in [-0.3, -0.25) is 4.79 Å². The number of nitrogens with zero attached hydrogens (tertiary/aromatic N) is 1. The fourth-order valence-electron chi connectivity index (χ4n) is 1.62. The molecule has 1 rings (SSSR count). The van der Waals surface area contributed by atoms with Gasteiger partial charge >= 0.3 is 0 Å². The molecule has 0 aliphatic carbocycles. The predicted molar refractivity (Wildman–Crippen MR) is 55.7 cm³/mol. The summed E-state index contributed by atoms with van der Waals surface area (Å²) in [6, 6.07) is 0. The van der Waals surface area contributed by atoms with Crippen LogP contribution in [0.5, 0.6) is 0 Å². The molecule has 3 heteroatoms. The molecule has 0 spiro atoms. The summed E-state index contributed by atoms with van der Waals surface area (Å²) < 4.78 is 5.10. The van der Waals surface area contributed by atoms with Gasteiger partial charge in [-0.25, -0.2) is 0 Å². The van der Waals surface area contributed by atoms with Gasteiger partial charge in [-0.15, -0.1) is 0 Å². The Hall–Kier alpha value is -0.990. The molecule has 1 amide bonds. The van der Waals surface area contributed by atoms with E-state index in [9.17, 15) is 4.79 Å². The Morgan fingerprint density at radius 1 is 1.50 bits per heavy atom. The average molecular weight is 197 g/mol. The highest BCUT2D eigenvalue weighted by molar-refractivity contribution is 5.90. The van der Waals surface area contributed by atoms with Gasteiger partial charge in [0.15, 0.2) is 5.76 Å². The Labute approximate surface area is 85.7 Å². The van der Waals surface area contributed by atoms with Crippen molar-refractivity contribution in [3.05, 3.63) is 12.3 Å². The number of hydrogen-bond donors (Lipinski definition) is 0. The lowest BCUT2D eigenvalue weighted by Gasteiger charge is -2.30. The summed E-state index contributed by atoms with van der Waals surface area (Å²) in [6.45, 7) is 9.89. The van der Waals surface area contributed by atoms with E-state index in [1.54, 1.807) is 0 Å². The highest BCUT2D eigenvalue weighted by Gasteiger charge is 2.22. The van der Waals surface area contributed by atoms with Gasteiger partial charge in [-0.1, -0.05) is 13.5 Å². The summed E-state index contributed by atoms with van der Waals surface area (Å²) in [5, 5.41) is 0. The first-order chi connectivity index (χ1) is 6.65. The van der Waals surface area contributed by atoms with Gasteiger partial charge in [-0.05, 0) is 25.7 Å². The van der Waals surface area contributed by atoms with Gasteiger partial charge in [0.05, 0.1) is 6.61 Å². The molecular formula is C11H19NO2. The minimum atomic E-state index is -0.0428. The average Bonchev–Trinajstić information content (AvgIpc) is 2.18. The van der Waals surface area contributed by atoms with Gasteiger partial charge in [0.1, 0.15) is 0 Å². The van der Waals surface area contributed by atoms with Crippen LogP contribution >= 0.6 is 0 Å². The maximum atomic E-state index is 11.7. The van der Waals surface area contributed by atoms with Crippen molar-refractivity contribution in [3.8, 4) is 0 Å². The molecule has 3 nitrogen and oxygen atoms in total. The number of likely N-dealkylation sites (tertiary alicyclic amines) is 1. The van der Waals surface area contributed by atoms with Crippen LogP contribution in [0.2, 0.25) is 0 Å². The molecule has 1 aliphatic heterocycles. The van der Waals surface area contributed by atoms with Crippen LogP contribution in [0.15, 0.2) is 12.3 Å². The molecule has 0 atom stereocenters. The van der Waals surface area contributed by atoms with E-state index in [4.69, 9.17) is 4.74 Å². The molecule has 0 aromatic carbocycles. The number of carbonyl (C=O) groups is 1. The molecule has 0 radical (unpaired) electrons. The zero-order valence-electron chi connectivity index (χ0n) is 9.08. The molecule has 0 aromatic rings. The van der Waals surface area contributed by atoms with Gasteiger partial charge in [-0.2, -0.15) is 0 Å². The van der Waals surface area contributed by atoms with Gasteiger partial charge in [0.2, 0.25) is 0 Å². The summed E-state index contributed by atoms with van der Waals surface area (Å²) in [5.74, 6) is 0.972. The molecule has 1 heterocycles. The van der Waals surface area contributed by atoms with Crippen molar-refractivity contribution in [3.63, 3.8) is 0 Å². The number of amides is 1. The molecule has 0 saturated carbocycles.